The molecule has 0 heterocycles. The Balaban J connectivity index is 3.06. The molecular formula is C12H16O2. The second-order valence-corrected chi connectivity index (χ2v) is 3.38. The summed E-state index contributed by atoms with van der Waals surface area (Å²) < 4.78 is 5.05. The number of methoxy groups -OCH3 is 1. The normalized spacial score (nSPS) is 10.2. The number of aryl methyl sites for hydroxylation is 1. The standard InChI is InChI=1S/C12H16O2/c1-4-10-5-11(8-14-3)7-12(6-10)9(2)13/h5-7H,4,8H2,1-3H3. The molecule has 0 aliphatic rings. The molecule has 0 amide bonds. The van der Waals surface area contributed by atoms with E-state index in [0.29, 0.717) is 6.61 Å². The highest BCUT2D eigenvalue weighted by molar-refractivity contribution is 5.94. The molecule has 76 valence electrons. The average molecular weight is 192 g/mol. The van der Waals surface area contributed by atoms with Crippen molar-refractivity contribution in [3.8, 4) is 0 Å². The van der Waals surface area contributed by atoms with Crippen LogP contribution in [0.1, 0.15) is 35.3 Å². The van der Waals surface area contributed by atoms with Gasteiger partial charge in [0.25, 0.3) is 0 Å². The van der Waals surface area contributed by atoms with Gasteiger partial charge in [-0.2, -0.15) is 0 Å². The molecule has 0 aromatic heterocycles. The second-order valence-electron chi connectivity index (χ2n) is 3.38. The van der Waals surface area contributed by atoms with E-state index >= 15 is 0 Å². The highest BCUT2D eigenvalue weighted by atomic mass is 16.5. The zero-order valence-corrected chi connectivity index (χ0v) is 8.96. The van der Waals surface area contributed by atoms with E-state index in [4.69, 9.17) is 4.74 Å². The third kappa shape index (κ3) is 2.67. The summed E-state index contributed by atoms with van der Waals surface area (Å²) >= 11 is 0. The number of carbonyl (C=O) groups is 1. The Labute approximate surface area is 84.9 Å². The van der Waals surface area contributed by atoms with E-state index in [9.17, 15) is 4.79 Å². The minimum Gasteiger partial charge on any atom is -0.380 e. The van der Waals surface area contributed by atoms with Crippen LogP contribution in [0.15, 0.2) is 18.2 Å². The number of hydrogen-bond acceptors (Lipinski definition) is 2. The van der Waals surface area contributed by atoms with Crippen molar-refractivity contribution in [1.29, 1.82) is 0 Å². The zero-order valence-electron chi connectivity index (χ0n) is 8.96. The first-order valence-electron chi connectivity index (χ1n) is 4.80. The number of hydrogen-bond donors (Lipinski definition) is 0. The molecule has 0 bridgehead atoms. The van der Waals surface area contributed by atoms with Crippen molar-refractivity contribution in [3.63, 3.8) is 0 Å². The molecule has 0 saturated carbocycles. The predicted molar refractivity (Wildman–Crippen MR) is 56.5 cm³/mol. The summed E-state index contributed by atoms with van der Waals surface area (Å²) in [5.41, 5.74) is 3.03. The van der Waals surface area contributed by atoms with E-state index in [1.54, 1.807) is 14.0 Å². The van der Waals surface area contributed by atoms with Crippen LogP contribution in [0.4, 0.5) is 0 Å². The fraction of sp³-hybridized carbons (Fsp3) is 0.417. The number of rotatable bonds is 4. The van der Waals surface area contributed by atoms with E-state index in [1.807, 2.05) is 12.1 Å². The number of ketones is 1. The van der Waals surface area contributed by atoms with Gasteiger partial charge in [-0.15, -0.1) is 0 Å². The summed E-state index contributed by atoms with van der Waals surface area (Å²) in [6, 6.07) is 5.92. The number of Topliss-reactive ketones (excluding diaryl/α,β-unsaturated/α-hetero) is 1. The van der Waals surface area contributed by atoms with Crippen LogP contribution in [0.25, 0.3) is 0 Å². The molecule has 1 aromatic carbocycles. The average Bonchev–Trinajstić information content (AvgIpc) is 2.17. The van der Waals surface area contributed by atoms with E-state index in [1.165, 1.54) is 5.56 Å². The largest absolute Gasteiger partial charge is 0.380 e. The Morgan fingerprint density at radius 2 is 1.93 bits per heavy atom. The lowest BCUT2D eigenvalue weighted by Gasteiger charge is -2.05. The molecule has 0 fully saturated rings. The van der Waals surface area contributed by atoms with E-state index < -0.39 is 0 Å². The number of benzene rings is 1. The monoisotopic (exact) mass is 192 g/mol. The molecule has 14 heavy (non-hydrogen) atoms. The molecule has 0 unspecified atom stereocenters. The van der Waals surface area contributed by atoms with E-state index in [-0.39, 0.29) is 5.78 Å². The fourth-order valence-electron chi connectivity index (χ4n) is 1.42. The Kier molecular flexibility index (Phi) is 3.84. The summed E-state index contributed by atoms with van der Waals surface area (Å²) in [6.07, 6.45) is 0.942. The molecule has 0 N–H and O–H groups in total. The molecular weight excluding hydrogens is 176 g/mol. The van der Waals surface area contributed by atoms with Crippen LogP contribution in [-0.4, -0.2) is 12.9 Å². The van der Waals surface area contributed by atoms with Gasteiger partial charge in [0.2, 0.25) is 0 Å². The van der Waals surface area contributed by atoms with Gasteiger partial charge in [0, 0.05) is 12.7 Å². The number of carbonyl (C=O) groups excluding carboxylic acids is 1. The van der Waals surface area contributed by atoms with Gasteiger partial charge in [-0.1, -0.05) is 13.0 Å². The summed E-state index contributed by atoms with van der Waals surface area (Å²) in [6.45, 7) is 4.23. The summed E-state index contributed by atoms with van der Waals surface area (Å²) in [5, 5.41) is 0. The van der Waals surface area contributed by atoms with Crippen molar-refractivity contribution in [1.82, 2.24) is 0 Å². The lowest BCUT2D eigenvalue weighted by molar-refractivity contribution is 0.101. The van der Waals surface area contributed by atoms with Crippen LogP contribution in [0.5, 0.6) is 0 Å². The van der Waals surface area contributed by atoms with Gasteiger partial charge in [-0.3, -0.25) is 4.79 Å². The third-order valence-electron chi connectivity index (χ3n) is 2.18. The van der Waals surface area contributed by atoms with Crippen molar-refractivity contribution < 1.29 is 9.53 Å². The Morgan fingerprint density at radius 1 is 1.29 bits per heavy atom. The summed E-state index contributed by atoms with van der Waals surface area (Å²) in [5.74, 6) is 0.109. The smallest absolute Gasteiger partial charge is 0.159 e. The fourth-order valence-corrected chi connectivity index (χ4v) is 1.42. The molecule has 0 aliphatic heterocycles. The molecule has 0 saturated heterocycles. The topological polar surface area (TPSA) is 26.3 Å². The van der Waals surface area contributed by atoms with E-state index in [0.717, 1.165) is 17.5 Å². The predicted octanol–water partition coefficient (Wildman–Crippen LogP) is 2.60. The van der Waals surface area contributed by atoms with Crippen LogP contribution in [0.3, 0.4) is 0 Å². The molecule has 2 nitrogen and oxygen atoms in total. The second kappa shape index (κ2) is 4.91. The summed E-state index contributed by atoms with van der Waals surface area (Å²) in [4.78, 5) is 11.2. The Hall–Kier alpha value is -1.15. The zero-order chi connectivity index (χ0) is 10.6. The van der Waals surface area contributed by atoms with Crippen molar-refractivity contribution in [2.45, 2.75) is 26.9 Å². The van der Waals surface area contributed by atoms with Gasteiger partial charge in [0.15, 0.2) is 5.78 Å². The van der Waals surface area contributed by atoms with Crippen molar-refractivity contribution in [2.24, 2.45) is 0 Å². The van der Waals surface area contributed by atoms with Crippen molar-refractivity contribution in [3.05, 3.63) is 34.9 Å². The maximum atomic E-state index is 11.2. The molecule has 0 spiro atoms. The highest BCUT2D eigenvalue weighted by Gasteiger charge is 2.03. The maximum absolute atomic E-state index is 11.2. The van der Waals surface area contributed by atoms with Crippen LogP contribution in [0.2, 0.25) is 0 Å². The lowest BCUT2D eigenvalue weighted by Crippen LogP contribution is -1.98. The first-order valence-corrected chi connectivity index (χ1v) is 4.80. The van der Waals surface area contributed by atoms with Crippen LogP contribution >= 0.6 is 0 Å². The third-order valence-corrected chi connectivity index (χ3v) is 2.18. The van der Waals surface area contributed by atoms with Crippen molar-refractivity contribution >= 4 is 5.78 Å². The number of ether oxygens (including phenoxy) is 1. The van der Waals surface area contributed by atoms with E-state index in [2.05, 4.69) is 13.0 Å². The van der Waals surface area contributed by atoms with Crippen LogP contribution in [0, 0.1) is 0 Å². The van der Waals surface area contributed by atoms with Crippen LogP contribution < -0.4 is 0 Å². The first kappa shape index (κ1) is 10.9. The van der Waals surface area contributed by atoms with Gasteiger partial charge in [-0.25, -0.2) is 0 Å². The minimum absolute atomic E-state index is 0.109. The maximum Gasteiger partial charge on any atom is 0.159 e. The van der Waals surface area contributed by atoms with Gasteiger partial charge in [-0.05, 0) is 36.6 Å². The Bertz CT molecular complexity index is 329. The van der Waals surface area contributed by atoms with Gasteiger partial charge >= 0.3 is 0 Å². The molecule has 1 aromatic rings. The minimum atomic E-state index is 0.109. The summed E-state index contributed by atoms with van der Waals surface area (Å²) in [7, 11) is 1.66. The highest BCUT2D eigenvalue weighted by Crippen LogP contribution is 2.12. The molecule has 0 aliphatic carbocycles. The SMILES string of the molecule is CCc1cc(COC)cc(C(C)=O)c1. The van der Waals surface area contributed by atoms with Crippen molar-refractivity contribution in [2.75, 3.05) is 7.11 Å². The quantitative estimate of drug-likeness (QED) is 0.685. The molecule has 0 radical (unpaired) electrons. The Morgan fingerprint density at radius 3 is 2.43 bits per heavy atom. The van der Waals surface area contributed by atoms with Gasteiger partial charge < -0.3 is 4.74 Å². The van der Waals surface area contributed by atoms with Gasteiger partial charge in [0.1, 0.15) is 0 Å². The lowest BCUT2D eigenvalue weighted by atomic mass is 10.0. The van der Waals surface area contributed by atoms with Gasteiger partial charge in [0.05, 0.1) is 6.61 Å². The first-order chi connectivity index (χ1) is 6.67. The molecule has 1 rings (SSSR count). The molecule has 0 atom stereocenters. The molecule has 2 heteroatoms. The van der Waals surface area contributed by atoms with Crippen LogP contribution in [-0.2, 0) is 17.8 Å².